The summed E-state index contributed by atoms with van der Waals surface area (Å²) < 4.78 is 44.0. The van der Waals surface area contributed by atoms with Gasteiger partial charge >= 0.3 is 18.0 Å². The van der Waals surface area contributed by atoms with Crippen LogP contribution < -0.4 is 5.32 Å². The number of carbonyl (C=O) groups is 3. The fourth-order valence-corrected chi connectivity index (χ4v) is 4.99. The molecule has 198 valence electrons. The molecule has 0 radical (unpaired) electrons. The number of hydrogen-bond acceptors (Lipinski definition) is 7. The van der Waals surface area contributed by atoms with E-state index in [0.29, 0.717) is 0 Å². The van der Waals surface area contributed by atoms with Gasteiger partial charge in [-0.3, -0.25) is 4.79 Å². The molecule has 2 N–H and O–H groups in total. The van der Waals surface area contributed by atoms with Crippen molar-refractivity contribution >= 4 is 18.0 Å². The van der Waals surface area contributed by atoms with Gasteiger partial charge in [-0.1, -0.05) is 36.4 Å². The van der Waals surface area contributed by atoms with E-state index < -0.39 is 71.3 Å². The fourth-order valence-electron chi connectivity index (χ4n) is 4.99. The first-order chi connectivity index (χ1) is 17.4. The molecule has 0 aliphatic heterocycles. The highest BCUT2D eigenvalue weighted by atomic mass is 19.1. The molecule has 5 atom stereocenters. The van der Waals surface area contributed by atoms with Crippen LogP contribution in [0.25, 0.3) is 0 Å². The summed E-state index contributed by atoms with van der Waals surface area (Å²) in [6, 6.07) is 11.6. The van der Waals surface area contributed by atoms with Crippen LogP contribution in [-0.2, 0) is 37.0 Å². The third-order valence-corrected chi connectivity index (χ3v) is 6.62. The summed E-state index contributed by atoms with van der Waals surface area (Å²) in [7, 11) is 0. The normalized spacial score (nSPS) is 26.1. The van der Waals surface area contributed by atoms with Crippen molar-refractivity contribution in [3.63, 3.8) is 0 Å². The van der Waals surface area contributed by atoms with Crippen LogP contribution in [-0.4, -0.2) is 40.4 Å². The minimum atomic E-state index is -1.81. The summed E-state index contributed by atoms with van der Waals surface area (Å²) in [5.74, 6) is -5.27. The number of benzene rings is 2. The number of aliphatic hydroxyl groups is 1. The maximum atomic E-state index is 14.1. The molecule has 2 aliphatic carbocycles. The van der Waals surface area contributed by atoms with Gasteiger partial charge in [-0.05, 0) is 32.9 Å². The molecular formula is C27H29F2NO7. The number of nitrogens with one attached hydrogen (secondary N) is 1. The highest BCUT2D eigenvalue weighted by molar-refractivity contribution is 5.91. The summed E-state index contributed by atoms with van der Waals surface area (Å²) in [5.41, 5.74) is -2.40. The second-order valence-corrected chi connectivity index (χ2v) is 10.4. The van der Waals surface area contributed by atoms with Gasteiger partial charge in [-0.25, -0.2) is 18.4 Å². The number of rotatable bonds is 7. The zero-order valence-electron chi connectivity index (χ0n) is 20.7. The van der Waals surface area contributed by atoms with Crippen molar-refractivity contribution in [2.45, 2.75) is 57.6 Å². The van der Waals surface area contributed by atoms with E-state index in [1.54, 1.807) is 32.9 Å². The number of alkyl carbamates (subject to hydrolysis) is 1. The Labute approximate surface area is 212 Å². The molecule has 5 unspecified atom stereocenters. The number of carbonyl (C=O) groups excluding carboxylic acids is 3. The van der Waals surface area contributed by atoms with E-state index in [0.717, 1.165) is 0 Å². The summed E-state index contributed by atoms with van der Waals surface area (Å²) in [4.78, 5) is 39.0. The predicted octanol–water partition coefficient (Wildman–Crippen LogP) is 3.64. The summed E-state index contributed by atoms with van der Waals surface area (Å²) >= 11 is 0. The second-order valence-electron chi connectivity index (χ2n) is 10.4. The quantitative estimate of drug-likeness (QED) is 0.426. The lowest BCUT2D eigenvalue weighted by atomic mass is 9.89. The third kappa shape index (κ3) is 5.58. The Balaban J connectivity index is 1.54. The lowest BCUT2D eigenvalue weighted by Gasteiger charge is -2.32. The minimum absolute atomic E-state index is 0.120. The monoisotopic (exact) mass is 517 g/mol. The Bertz CT molecular complexity index is 1200. The largest absolute Gasteiger partial charge is 0.460 e. The molecule has 2 saturated carbocycles. The molecule has 0 bridgehead atoms. The van der Waals surface area contributed by atoms with Crippen molar-refractivity contribution in [3.8, 4) is 0 Å². The van der Waals surface area contributed by atoms with Crippen LogP contribution in [0.3, 0.4) is 0 Å². The molecule has 2 aromatic carbocycles. The number of halogens is 2. The molecule has 1 amide bonds. The van der Waals surface area contributed by atoms with Gasteiger partial charge in [-0.2, -0.15) is 0 Å². The smallest absolute Gasteiger partial charge is 0.408 e. The maximum Gasteiger partial charge on any atom is 0.408 e. The zero-order chi connectivity index (χ0) is 27.0. The first-order valence-electron chi connectivity index (χ1n) is 11.9. The highest BCUT2D eigenvalue weighted by Gasteiger charge is 2.76. The molecule has 2 aliphatic rings. The van der Waals surface area contributed by atoms with Crippen LogP contribution >= 0.6 is 0 Å². The van der Waals surface area contributed by atoms with E-state index in [-0.39, 0.29) is 24.2 Å². The van der Waals surface area contributed by atoms with Crippen molar-refractivity contribution in [1.29, 1.82) is 0 Å². The molecule has 0 aromatic heterocycles. The van der Waals surface area contributed by atoms with E-state index in [1.165, 1.54) is 36.4 Å². The van der Waals surface area contributed by atoms with E-state index in [2.05, 4.69) is 5.32 Å². The van der Waals surface area contributed by atoms with E-state index in [4.69, 9.17) is 14.2 Å². The summed E-state index contributed by atoms with van der Waals surface area (Å²) in [6.07, 6.45) is -2.30. The van der Waals surface area contributed by atoms with Gasteiger partial charge < -0.3 is 24.6 Å². The first kappa shape index (κ1) is 26.5. The average Bonchev–Trinajstić information content (AvgIpc) is 3.51. The molecule has 37 heavy (non-hydrogen) atoms. The van der Waals surface area contributed by atoms with Gasteiger partial charge in [0.2, 0.25) is 0 Å². The van der Waals surface area contributed by atoms with E-state index >= 15 is 0 Å². The van der Waals surface area contributed by atoms with Gasteiger partial charge in [-0.15, -0.1) is 0 Å². The van der Waals surface area contributed by atoms with Crippen LogP contribution in [0.4, 0.5) is 13.6 Å². The molecular weight excluding hydrogens is 488 g/mol. The molecule has 8 nitrogen and oxygen atoms in total. The molecule has 0 saturated heterocycles. The second kappa shape index (κ2) is 10.1. The Morgan fingerprint density at radius 2 is 1.51 bits per heavy atom. The lowest BCUT2D eigenvalue weighted by Crippen LogP contribution is -2.58. The maximum absolute atomic E-state index is 14.1. The van der Waals surface area contributed by atoms with Crippen LogP contribution in [0.5, 0.6) is 0 Å². The van der Waals surface area contributed by atoms with E-state index in [1.807, 2.05) is 0 Å². The zero-order valence-corrected chi connectivity index (χ0v) is 20.7. The van der Waals surface area contributed by atoms with Crippen molar-refractivity contribution in [2.24, 2.45) is 17.8 Å². The van der Waals surface area contributed by atoms with E-state index in [9.17, 15) is 28.3 Å². The molecule has 4 rings (SSSR count). The number of esters is 2. The van der Waals surface area contributed by atoms with Crippen molar-refractivity contribution in [3.05, 3.63) is 71.3 Å². The van der Waals surface area contributed by atoms with Crippen LogP contribution in [0.2, 0.25) is 0 Å². The van der Waals surface area contributed by atoms with Crippen LogP contribution in [0.1, 0.15) is 38.3 Å². The molecule has 0 heterocycles. The number of amides is 1. The number of fused-ring (bicyclic) bond motifs is 1. The Hall–Kier alpha value is -3.53. The molecule has 2 aromatic rings. The highest BCUT2D eigenvalue weighted by Crippen LogP contribution is 2.63. The van der Waals surface area contributed by atoms with Crippen molar-refractivity contribution in [1.82, 2.24) is 5.32 Å². The number of aliphatic hydroxyl groups excluding tert-OH is 1. The van der Waals surface area contributed by atoms with Crippen molar-refractivity contribution < 1.29 is 42.5 Å². The van der Waals surface area contributed by atoms with Gasteiger partial charge in [0.05, 0.1) is 12.0 Å². The molecule has 10 heteroatoms. The standard InChI is InChI=1S/C27H29F2NO7/c1-26(2,3)37-25(34)30-27(24(33)36-14-16-9-5-7-11-18(16)29)12-19(31)20-21(22(20)27)23(32)35-13-15-8-4-6-10-17(15)28/h4-11,19-22,31H,12-14H2,1-3H3,(H,30,34). The molecule has 0 spiro atoms. The van der Waals surface area contributed by atoms with Gasteiger partial charge in [0, 0.05) is 29.4 Å². The topological polar surface area (TPSA) is 111 Å². The third-order valence-electron chi connectivity index (χ3n) is 6.62. The number of ether oxygens (including phenoxy) is 3. The Morgan fingerprint density at radius 1 is 0.973 bits per heavy atom. The van der Waals surface area contributed by atoms with Crippen molar-refractivity contribution in [2.75, 3.05) is 0 Å². The SMILES string of the molecule is CC(C)(C)OC(=O)NC1(C(=O)OCc2ccccc2F)CC(O)C2C(C(=O)OCc3ccccc3F)C21. The van der Waals surface area contributed by atoms with Gasteiger partial charge in [0.25, 0.3) is 0 Å². The summed E-state index contributed by atoms with van der Waals surface area (Å²) in [5, 5.41) is 13.3. The molecule has 2 fully saturated rings. The Kier molecular flexibility index (Phi) is 7.23. The first-order valence-corrected chi connectivity index (χ1v) is 11.9. The number of hydrogen-bond donors (Lipinski definition) is 2. The van der Waals surface area contributed by atoms with Gasteiger partial charge in [0.1, 0.15) is 36.0 Å². The summed E-state index contributed by atoms with van der Waals surface area (Å²) in [6.45, 7) is 4.17. The lowest BCUT2D eigenvalue weighted by molar-refractivity contribution is -0.156. The average molecular weight is 518 g/mol. The van der Waals surface area contributed by atoms with Gasteiger partial charge in [0.15, 0.2) is 0 Å². The van der Waals surface area contributed by atoms with Crippen LogP contribution in [0.15, 0.2) is 48.5 Å². The Morgan fingerprint density at radius 3 is 2.05 bits per heavy atom. The van der Waals surface area contributed by atoms with Crippen LogP contribution in [0, 0.1) is 29.4 Å². The minimum Gasteiger partial charge on any atom is -0.460 e. The predicted molar refractivity (Wildman–Crippen MR) is 126 cm³/mol. The fraction of sp³-hybridized carbons (Fsp3) is 0.444.